The Kier molecular flexibility index (Phi) is 7.33. The quantitative estimate of drug-likeness (QED) is 0.206. The van der Waals surface area contributed by atoms with Crippen molar-refractivity contribution >= 4 is 22.6 Å². The Hall–Kier alpha value is -4.27. The third kappa shape index (κ3) is 5.68. The van der Waals surface area contributed by atoms with Crippen LogP contribution < -0.4 is 9.47 Å². The van der Waals surface area contributed by atoms with E-state index in [4.69, 9.17) is 30.8 Å². The van der Waals surface area contributed by atoms with Crippen LogP contribution in [-0.2, 0) is 29.8 Å². The van der Waals surface area contributed by atoms with E-state index < -0.39 is 17.8 Å². The Labute approximate surface area is 272 Å². The highest BCUT2D eigenvalue weighted by atomic mass is 35.5. The van der Waals surface area contributed by atoms with Crippen molar-refractivity contribution in [2.24, 2.45) is 0 Å². The summed E-state index contributed by atoms with van der Waals surface area (Å²) < 4.78 is 59.9. The molecule has 0 amide bonds. The number of aromatic nitrogens is 7. The number of piperidine rings is 1. The van der Waals surface area contributed by atoms with Crippen molar-refractivity contribution in [3.05, 3.63) is 76.7 Å². The zero-order chi connectivity index (χ0) is 32.3. The summed E-state index contributed by atoms with van der Waals surface area (Å²) in [5, 5.41) is 6.08. The molecule has 1 N–H and O–H groups in total. The number of H-pyrrole nitrogens is 1. The van der Waals surface area contributed by atoms with Crippen LogP contribution in [0.1, 0.15) is 54.9 Å². The van der Waals surface area contributed by atoms with Gasteiger partial charge >= 0.3 is 6.18 Å². The van der Waals surface area contributed by atoms with E-state index in [0.29, 0.717) is 29.5 Å². The average molecular weight is 667 g/mol. The molecule has 244 valence electrons. The minimum Gasteiger partial charge on any atom is -0.444 e. The van der Waals surface area contributed by atoms with E-state index in [1.807, 2.05) is 30.2 Å². The summed E-state index contributed by atoms with van der Waals surface area (Å²) >= 11 is 6.00. The lowest BCUT2D eigenvalue weighted by Crippen LogP contribution is -2.35. The summed E-state index contributed by atoms with van der Waals surface area (Å²) in [5.74, 6) is 0.313. The minimum absolute atomic E-state index is 0.0793. The molecular formula is C32H30ClF3N8O3. The van der Waals surface area contributed by atoms with Gasteiger partial charge in [0.1, 0.15) is 16.7 Å². The molecule has 5 aromatic rings. The maximum Gasteiger partial charge on any atom is 0.451 e. The first-order valence-electron chi connectivity index (χ1n) is 15.4. The maximum atomic E-state index is 13.1. The molecular weight excluding hydrogens is 637 g/mol. The number of ether oxygens (including phenoxy) is 3. The van der Waals surface area contributed by atoms with Crippen LogP contribution in [0.5, 0.6) is 11.5 Å². The number of nitrogens with one attached hydrogen (secondary N) is 1. The molecule has 0 spiro atoms. The molecule has 0 bridgehead atoms. The highest BCUT2D eigenvalue weighted by Gasteiger charge is 2.41. The number of aromatic amines is 1. The first-order valence-corrected chi connectivity index (χ1v) is 15.8. The number of benzene rings is 1. The van der Waals surface area contributed by atoms with E-state index in [2.05, 4.69) is 35.6 Å². The number of halogens is 4. The van der Waals surface area contributed by atoms with Gasteiger partial charge in [0.15, 0.2) is 17.3 Å². The summed E-state index contributed by atoms with van der Waals surface area (Å²) in [7, 11) is 0. The third-order valence-corrected chi connectivity index (χ3v) is 9.35. The van der Waals surface area contributed by atoms with E-state index in [9.17, 15) is 13.2 Å². The summed E-state index contributed by atoms with van der Waals surface area (Å²) in [5.41, 5.74) is 3.53. The predicted octanol–water partition coefficient (Wildman–Crippen LogP) is 6.10. The number of alkyl halides is 3. The molecule has 3 aliphatic heterocycles. The SMILES string of the molecule is CC1(c2ccc(Cl)nc2)Oc2cccc(C3CCN(Cc4nc5cc(-c6n[nH]c(C(F)(F)F)n6)ncc5n4CC4CCO4)CC3)c2O1. The van der Waals surface area contributed by atoms with Gasteiger partial charge in [0.2, 0.25) is 5.82 Å². The fourth-order valence-corrected chi connectivity index (χ4v) is 6.60. The fourth-order valence-electron chi connectivity index (χ4n) is 6.49. The van der Waals surface area contributed by atoms with Crippen molar-refractivity contribution in [1.82, 2.24) is 39.6 Å². The highest BCUT2D eigenvalue weighted by molar-refractivity contribution is 6.29. The lowest BCUT2D eigenvalue weighted by atomic mass is 9.88. The van der Waals surface area contributed by atoms with E-state index in [0.717, 1.165) is 67.2 Å². The topological polar surface area (TPSA) is 116 Å². The van der Waals surface area contributed by atoms with Gasteiger partial charge in [-0.05, 0) is 62.5 Å². The standard InChI is InChI=1S/C32H30ClF3N8O3/c1-31(19-5-6-26(33)38-14-19)46-25-4-2-3-21(28(25)47-31)18-7-10-43(11-8-18)17-27-39-22-13-23(29-40-30(42-41-29)32(34,35)36)37-15-24(22)44(27)16-20-9-12-45-20/h2-6,13-15,18,20H,7-12,16-17H2,1H3,(H,40,41,42). The van der Waals surface area contributed by atoms with Gasteiger partial charge in [-0.25, -0.2) is 15.0 Å². The molecule has 0 aliphatic carbocycles. The number of likely N-dealkylation sites (tertiary alicyclic amines) is 1. The smallest absolute Gasteiger partial charge is 0.444 e. The van der Waals surface area contributed by atoms with Crippen LogP contribution in [0.25, 0.3) is 22.6 Å². The molecule has 1 aromatic carbocycles. The van der Waals surface area contributed by atoms with Crippen LogP contribution in [0.15, 0.2) is 48.8 Å². The summed E-state index contributed by atoms with van der Waals surface area (Å²) in [6.45, 7) is 5.53. The number of para-hydroxylation sites is 1. The van der Waals surface area contributed by atoms with Gasteiger partial charge in [0.05, 0.1) is 42.0 Å². The van der Waals surface area contributed by atoms with Crippen LogP contribution >= 0.6 is 11.6 Å². The van der Waals surface area contributed by atoms with E-state index in [1.165, 1.54) is 0 Å². The predicted molar refractivity (Wildman–Crippen MR) is 164 cm³/mol. The Morgan fingerprint density at radius 2 is 1.87 bits per heavy atom. The summed E-state index contributed by atoms with van der Waals surface area (Å²) in [6, 6.07) is 11.3. The van der Waals surface area contributed by atoms with Crippen molar-refractivity contribution in [2.75, 3.05) is 19.7 Å². The molecule has 11 nitrogen and oxygen atoms in total. The number of hydrogen-bond donors (Lipinski definition) is 1. The van der Waals surface area contributed by atoms with Crippen LogP contribution in [0.3, 0.4) is 0 Å². The van der Waals surface area contributed by atoms with Gasteiger partial charge in [-0.15, -0.1) is 0 Å². The molecule has 4 aromatic heterocycles. The molecule has 2 unspecified atom stereocenters. The number of hydrogen-bond acceptors (Lipinski definition) is 9. The van der Waals surface area contributed by atoms with Crippen molar-refractivity contribution < 1.29 is 27.4 Å². The normalized spacial score (nSPS) is 21.8. The van der Waals surface area contributed by atoms with Crippen molar-refractivity contribution in [3.63, 3.8) is 0 Å². The van der Waals surface area contributed by atoms with Crippen LogP contribution in [0.2, 0.25) is 5.15 Å². The lowest BCUT2D eigenvalue weighted by molar-refractivity contribution is -0.144. The molecule has 0 saturated carbocycles. The van der Waals surface area contributed by atoms with Gasteiger partial charge in [-0.2, -0.15) is 18.3 Å². The molecule has 7 heterocycles. The molecule has 2 fully saturated rings. The van der Waals surface area contributed by atoms with Gasteiger partial charge < -0.3 is 18.8 Å². The molecule has 2 saturated heterocycles. The second-order valence-corrected chi connectivity index (χ2v) is 12.6. The minimum atomic E-state index is -4.63. The molecule has 2 atom stereocenters. The zero-order valence-corrected chi connectivity index (χ0v) is 26.1. The van der Waals surface area contributed by atoms with E-state index in [-0.39, 0.29) is 23.5 Å². The third-order valence-electron chi connectivity index (χ3n) is 9.13. The van der Waals surface area contributed by atoms with Gasteiger partial charge in [-0.1, -0.05) is 23.7 Å². The Bertz CT molecular complexity index is 1940. The van der Waals surface area contributed by atoms with E-state index >= 15 is 0 Å². The van der Waals surface area contributed by atoms with Crippen molar-refractivity contribution in [1.29, 1.82) is 0 Å². The number of rotatable bonds is 7. The van der Waals surface area contributed by atoms with Crippen LogP contribution in [0, 0.1) is 0 Å². The van der Waals surface area contributed by atoms with Crippen LogP contribution in [0.4, 0.5) is 13.2 Å². The maximum absolute atomic E-state index is 13.1. The molecule has 8 rings (SSSR count). The Balaban J connectivity index is 0.996. The largest absolute Gasteiger partial charge is 0.451 e. The second-order valence-electron chi connectivity index (χ2n) is 12.2. The van der Waals surface area contributed by atoms with E-state index in [1.54, 1.807) is 24.5 Å². The monoisotopic (exact) mass is 666 g/mol. The first-order chi connectivity index (χ1) is 22.6. The summed E-state index contributed by atoms with van der Waals surface area (Å²) in [6.07, 6.45) is 1.54. The number of fused-ring (bicyclic) bond motifs is 2. The number of nitrogens with zero attached hydrogens (tertiary/aromatic N) is 7. The molecule has 0 radical (unpaired) electrons. The van der Waals surface area contributed by atoms with Gasteiger partial charge in [-0.3, -0.25) is 15.0 Å². The van der Waals surface area contributed by atoms with Crippen molar-refractivity contribution in [2.45, 2.75) is 63.3 Å². The van der Waals surface area contributed by atoms with Crippen LogP contribution in [-0.4, -0.2) is 65.4 Å². The van der Waals surface area contributed by atoms with Gasteiger partial charge in [0, 0.05) is 25.3 Å². The Morgan fingerprint density at radius 3 is 2.57 bits per heavy atom. The molecule has 3 aliphatic rings. The number of imidazole rings is 1. The van der Waals surface area contributed by atoms with Gasteiger partial charge in [0.25, 0.3) is 5.79 Å². The van der Waals surface area contributed by atoms with Crippen molar-refractivity contribution in [3.8, 4) is 23.0 Å². The molecule has 47 heavy (non-hydrogen) atoms. The average Bonchev–Trinajstić information content (AvgIpc) is 3.75. The second kappa shape index (κ2) is 11.5. The highest BCUT2D eigenvalue weighted by Crippen LogP contribution is 2.49. The molecule has 15 heteroatoms. The number of pyridine rings is 2. The first kappa shape index (κ1) is 30.1. The zero-order valence-electron chi connectivity index (χ0n) is 25.3. The Morgan fingerprint density at radius 1 is 1.04 bits per heavy atom. The fraction of sp³-hybridized carbons (Fsp3) is 0.406. The summed E-state index contributed by atoms with van der Waals surface area (Å²) in [4.78, 5) is 19.5. The lowest BCUT2D eigenvalue weighted by Gasteiger charge is -2.33.